The molecule has 0 saturated carbocycles. The van der Waals surface area contributed by atoms with E-state index in [0.717, 1.165) is 24.1 Å². The molecule has 2 N–H and O–H groups in total. The lowest BCUT2D eigenvalue weighted by Gasteiger charge is -2.11. The number of carbonyl (C=O) groups excluding carboxylic acids is 2. The lowest BCUT2D eigenvalue weighted by molar-refractivity contribution is -0.137. The van der Waals surface area contributed by atoms with Crippen LogP contribution in [0.5, 0.6) is 5.75 Å². The van der Waals surface area contributed by atoms with E-state index in [-0.39, 0.29) is 17.9 Å². The second-order valence-electron chi connectivity index (χ2n) is 6.95. The third-order valence-corrected chi connectivity index (χ3v) is 4.53. The number of hydrogen-bond donors (Lipinski definition) is 2. The van der Waals surface area contributed by atoms with Gasteiger partial charge in [0.1, 0.15) is 5.75 Å². The van der Waals surface area contributed by atoms with Crippen LogP contribution in [-0.2, 0) is 17.4 Å². The van der Waals surface area contributed by atoms with Gasteiger partial charge in [-0.3, -0.25) is 9.59 Å². The summed E-state index contributed by atoms with van der Waals surface area (Å²) in [6, 6.07) is 17.8. The molecule has 166 valence electrons. The summed E-state index contributed by atoms with van der Waals surface area (Å²) in [5, 5.41) is 5.07. The second-order valence-corrected chi connectivity index (χ2v) is 6.95. The van der Waals surface area contributed by atoms with Gasteiger partial charge in [-0.05, 0) is 60.5 Å². The number of halogens is 3. The molecule has 32 heavy (non-hydrogen) atoms. The van der Waals surface area contributed by atoms with Gasteiger partial charge in [-0.15, -0.1) is 0 Å². The van der Waals surface area contributed by atoms with E-state index in [0.29, 0.717) is 11.4 Å². The van der Waals surface area contributed by atoms with Crippen molar-refractivity contribution in [3.05, 3.63) is 89.5 Å². The average molecular weight is 442 g/mol. The van der Waals surface area contributed by atoms with Gasteiger partial charge in [-0.2, -0.15) is 13.2 Å². The Hall–Kier alpha value is -3.81. The highest BCUT2D eigenvalue weighted by Gasteiger charge is 2.30. The monoisotopic (exact) mass is 442 g/mol. The first-order valence-corrected chi connectivity index (χ1v) is 9.85. The van der Waals surface area contributed by atoms with Gasteiger partial charge >= 0.3 is 6.18 Å². The highest BCUT2D eigenvalue weighted by atomic mass is 19.4. The minimum Gasteiger partial charge on any atom is -0.484 e. The van der Waals surface area contributed by atoms with E-state index >= 15 is 0 Å². The number of anilines is 2. The summed E-state index contributed by atoms with van der Waals surface area (Å²) in [4.78, 5) is 24.7. The molecule has 0 spiro atoms. The van der Waals surface area contributed by atoms with Crippen LogP contribution in [-0.4, -0.2) is 18.4 Å². The van der Waals surface area contributed by atoms with Gasteiger partial charge in [-0.1, -0.05) is 31.2 Å². The molecule has 0 atom stereocenters. The van der Waals surface area contributed by atoms with Gasteiger partial charge in [-0.25, -0.2) is 0 Å². The van der Waals surface area contributed by atoms with Crippen LogP contribution in [0.4, 0.5) is 24.5 Å². The first-order valence-electron chi connectivity index (χ1n) is 9.85. The molecule has 2 amide bonds. The van der Waals surface area contributed by atoms with Gasteiger partial charge < -0.3 is 15.4 Å². The Morgan fingerprint density at radius 2 is 1.56 bits per heavy atom. The molecular weight excluding hydrogens is 421 g/mol. The van der Waals surface area contributed by atoms with E-state index in [1.807, 2.05) is 25.1 Å². The molecule has 5 nitrogen and oxygen atoms in total. The quantitative estimate of drug-likeness (QED) is 0.505. The van der Waals surface area contributed by atoms with Crippen molar-refractivity contribution >= 4 is 23.2 Å². The number of hydrogen-bond acceptors (Lipinski definition) is 3. The van der Waals surface area contributed by atoms with E-state index in [2.05, 4.69) is 10.6 Å². The van der Waals surface area contributed by atoms with E-state index in [9.17, 15) is 22.8 Å². The van der Waals surface area contributed by atoms with Crippen LogP contribution < -0.4 is 15.4 Å². The fraction of sp³-hybridized carbons (Fsp3) is 0.167. The lowest BCUT2D eigenvalue weighted by Crippen LogP contribution is -2.20. The maximum atomic E-state index is 12.8. The highest BCUT2D eigenvalue weighted by molar-refractivity contribution is 6.05. The minimum atomic E-state index is -4.51. The summed E-state index contributed by atoms with van der Waals surface area (Å²) in [6.45, 7) is 1.80. The van der Waals surface area contributed by atoms with Crippen LogP contribution in [0.15, 0.2) is 72.8 Å². The van der Waals surface area contributed by atoms with Gasteiger partial charge in [0.15, 0.2) is 6.61 Å². The molecule has 0 heterocycles. The fourth-order valence-electron chi connectivity index (χ4n) is 2.92. The van der Waals surface area contributed by atoms with Gasteiger partial charge in [0.25, 0.3) is 11.8 Å². The summed E-state index contributed by atoms with van der Waals surface area (Å²) in [6.07, 6.45) is -3.66. The molecule has 0 aliphatic heterocycles. The SMILES string of the molecule is CCc1cccc(OCC(=O)Nc2cccc(C(=O)Nc3cccc(C(F)(F)F)c3)c2)c1. The Bertz CT molecular complexity index is 1110. The molecule has 3 aromatic carbocycles. The van der Waals surface area contributed by atoms with Crippen LogP contribution in [0.1, 0.15) is 28.4 Å². The molecule has 8 heteroatoms. The number of rotatable bonds is 7. The number of nitrogens with one attached hydrogen (secondary N) is 2. The standard InChI is InChI=1S/C24H21F3N2O3/c1-2-16-6-3-11-21(12-16)32-15-22(30)28-19-9-4-7-17(13-19)23(31)29-20-10-5-8-18(14-20)24(25,26)27/h3-14H,2,15H2,1H3,(H,28,30)(H,29,31). The topological polar surface area (TPSA) is 67.4 Å². The Morgan fingerprint density at radius 1 is 0.875 bits per heavy atom. The number of ether oxygens (including phenoxy) is 1. The zero-order valence-electron chi connectivity index (χ0n) is 17.2. The predicted molar refractivity (Wildman–Crippen MR) is 116 cm³/mol. The van der Waals surface area contributed by atoms with E-state index < -0.39 is 23.6 Å². The fourth-order valence-corrected chi connectivity index (χ4v) is 2.92. The summed E-state index contributed by atoms with van der Waals surface area (Å²) < 4.78 is 44.0. The van der Waals surface area contributed by atoms with Crippen molar-refractivity contribution in [3.63, 3.8) is 0 Å². The van der Waals surface area contributed by atoms with Gasteiger partial charge in [0.2, 0.25) is 0 Å². The number of aryl methyl sites for hydroxylation is 1. The maximum Gasteiger partial charge on any atom is 0.416 e. The number of amides is 2. The van der Waals surface area contributed by atoms with Crippen molar-refractivity contribution in [2.24, 2.45) is 0 Å². The largest absolute Gasteiger partial charge is 0.484 e. The number of alkyl halides is 3. The van der Waals surface area contributed by atoms with Crippen molar-refractivity contribution in [2.75, 3.05) is 17.2 Å². The average Bonchev–Trinajstić information content (AvgIpc) is 2.77. The molecule has 0 aliphatic carbocycles. The summed E-state index contributed by atoms with van der Waals surface area (Å²) >= 11 is 0. The van der Waals surface area contributed by atoms with Crippen molar-refractivity contribution < 1.29 is 27.5 Å². The van der Waals surface area contributed by atoms with Gasteiger partial charge in [0, 0.05) is 16.9 Å². The van der Waals surface area contributed by atoms with E-state index in [1.165, 1.54) is 24.3 Å². The predicted octanol–water partition coefficient (Wildman–Crippen LogP) is 5.54. The Balaban J connectivity index is 1.61. The van der Waals surface area contributed by atoms with Crippen molar-refractivity contribution in [2.45, 2.75) is 19.5 Å². The van der Waals surface area contributed by atoms with Crippen LogP contribution in [0.25, 0.3) is 0 Å². The highest BCUT2D eigenvalue weighted by Crippen LogP contribution is 2.30. The minimum absolute atomic E-state index is 0.0157. The smallest absolute Gasteiger partial charge is 0.416 e. The molecule has 0 saturated heterocycles. The molecule has 0 aliphatic rings. The molecule has 3 rings (SSSR count). The van der Waals surface area contributed by atoms with Crippen molar-refractivity contribution in [3.8, 4) is 5.75 Å². The van der Waals surface area contributed by atoms with E-state index in [4.69, 9.17) is 4.74 Å². The summed E-state index contributed by atoms with van der Waals surface area (Å²) in [5.74, 6) is -0.441. The van der Waals surface area contributed by atoms with Crippen LogP contribution >= 0.6 is 0 Å². The Labute approximate surface area is 183 Å². The van der Waals surface area contributed by atoms with Crippen LogP contribution in [0.2, 0.25) is 0 Å². The van der Waals surface area contributed by atoms with Gasteiger partial charge in [0.05, 0.1) is 5.56 Å². The Morgan fingerprint density at radius 3 is 2.28 bits per heavy atom. The zero-order chi connectivity index (χ0) is 23.1. The van der Waals surface area contributed by atoms with E-state index in [1.54, 1.807) is 18.2 Å². The molecule has 0 bridgehead atoms. The molecule has 3 aromatic rings. The Kier molecular flexibility index (Phi) is 7.14. The zero-order valence-corrected chi connectivity index (χ0v) is 17.2. The lowest BCUT2D eigenvalue weighted by atomic mass is 10.1. The summed E-state index contributed by atoms with van der Waals surface area (Å²) in [5.41, 5.74) is 0.777. The molecular formula is C24H21F3N2O3. The third-order valence-electron chi connectivity index (χ3n) is 4.53. The third kappa shape index (κ3) is 6.34. The van der Waals surface area contributed by atoms with Crippen molar-refractivity contribution in [1.82, 2.24) is 0 Å². The maximum absolute atomic E-state index is 12.8. The first-order chi connectivity index (χ1) is 15.2. The molecule has 0 unspecified atom stereocenters. The number of benzene rings is 3. The first kappa shape index (κ1) is 22.9. The second kappa shape index (κ2) is 10.00. The number of carbonyl (C=O) groups is 2. The molecule has 0 radical (unpaired) electrons. The van der Waals surface area contributed by atoms with Crippen LogP contribution in [0, 0.1) is 0 Å². The van der Waals surface area contributed by atoms with Crippen LogP contribution in [0.3, 0.4) is 0 Å². The summed E-state index contributed by atoms with van der Waals surface area (Å²) in [7, 11) is 0. The normalized spacial score (nSPS) is 11.0. The molecule has 0 fully saturated rings. The molecule has 0 aromatic heterocycles. The van der Waals surface area contributed by atoms with Crippen molar-refractivity contribution in [1.29, 1.82) is 0 Å².